The van der Waals surface area contributed by atoms with Gasteiger partial charge < -0.3 is 9.80 Å². The van der Waals surface area contributed by atoms with E-state index in [2.05, 4.69) is 10.2 Å². The monoisotopic (exact) mass is 571 g/mol. The minimum Gasteiger partial charge on any atom is -0.338 e. The van der Waals surface area contributed by atoms with Gasteiger partial charge in [0, 0.05) is 36.9 Å². The zero-order valence-electron chi connectivity index (χ0n) is 20.8. The summed E-state index contributed by atoms with van der Waals surface area (Å²) in [6.07, 6.45) is -4.53. The second-order valence-electron chi connectivity index (χ2n) is 9.01. The normalized spacial score (nSPS) is 15.9. The Morgan fingerprint density at radius 1 is 1.03 bits per heavy atom. The number of piperazine rings is 1. The Hall–Kier alpha value is -3.64. The Bertz CT molecular complexity index is 1460. The lowest BCUT2D eigenvalue weighted by atomic mass is 10.1. The molecule has 4 aromatic rings. The largest absolute Gasteiger partial charge is 0.416 e. The Balaban J connectivity index is 1.25. The summed E-state index contributed by atoms with van der Waals surface area (Å²) in [5.41, 5.74) is 0.00224. The van der Waals surface area contributed by atoms with E-state index in [1.807, 2.05) is 52.4 Å². The molecule has 0 radical (unpaired) electrons. The first kappa shape index (κ1) is 26.9. The Morgan fingerprint density at radius 3 is 2.51 bits per heavy atom. The molecule has 0 spiro atoms. The average Bonchev–Trinajstić information content (AvgIpc) is 3.61. The zero-order valence-corrected chi connectivity index (χ0v) is 22.5. The van der Waals surface area contributed by atoms with Crippen molar-refractivity contribution >= 4 is 34.9 Å². The zero-order chi connectivity index (χ0) is 27.6. The molecular weight excluding hydrogens is 547 g/mol. The molecule has 5 rings (SSSR count). The van der Waals surface area contributed by atoms with Crippen molar-refractivity contribution < 1.29 is 22.8 Å². The van der Waals surface area contributed by atoms with Crippen LogP contribution in [0.2, 0.25) is 0 Å². The van der Waals surface area contributed by atoms with Gasteiger partial charge in [-0.15, -0.1) is 21.5 Å². The molecule has 1 saturated heterocycles. The number of thiophene rings is 1. The van der Waals surface area contributed by atoms with E-state index in [0.29, 0.717) is 17.5 Å². The van der Waals surface area contributed by atoms with Crippen LogP contribution in [-0.4, -0.2) is 67.8 Å². The minimum absolute atomic E-state index is 0.0196. The molecule has 0 saturated carbocycles. The summed E-state index contributed by atoms with van der Waals surface area (Å²) in [7, 11) is 0. The molecular formula is C27H24F3N5O2S2. The number of amides is 2. The fourth-order valence-electron chi connectivity index (χ4n) is 4.44. The van der Waals surface area contributed by atoms with Gasteiger partial charge in [-0.3, -0.25) is 14.2 Å². The summed E-state index contributed by atoms with van der Waals surface area (Å²) < 4.78 is 41.2. The SMILES string of the molecule is CC1CN(C(=O)CSc2nnc(-c3cccs3)n2-c2ccccc2)CCN1C(=O)c1cccc(C(F)(F)F)c1. The number of alkyl halides is 3. The van der Waals surface area contributed by atoms with Crippen LogP contribution < -0.4 is 0 Å². The summed E-state index contributed by atoms with van der Waals surface area (Å²) in [5, 5.41) is 11.3. The number of carbonyl (C=O) groups excluding carboxylic acids is 2. The maximum absolute atomic E-state index is 13.1. The standard InChI is InChI=1S/C27H24F3N5O2S2/c1-18-16-33(12-13-34(18)25(37)19-7-5-8-20(15-19)27(28,29)30)23(36)17-39-26-32-31-24(22-11-6-14-38-22)35(26)21-9-3-2-4-10-21/h2-11,14-15,18H,12-13,16-17H2,1H3. The van der Waals surface area contributed by atoms with Crippen LogP contribution in [0.4, 0.5) is 13.2 Å². The number of halogens is 3. The molecule has 3 heterocycles. The van der Waals surface area contributed by atoms with E-state index in [4.69, 9.17) is 0 Å². The molecule has 1 aliphatic heterocycles. The quantitative estimate of drug-likeness (QED) is 0.287. The van der Waals surface area contributed by atoms with Crippen molar-refractivity contribution in [3.63, 3.8) is 0 Å². The van der Waals surface area contributed by atoms with E-state index in [0.717, 1.165) is 22.7 Å². The molecule has 12 heteroatoms. The van der Waals surface area contributed by atoms with Crippen LogP contribution in [0.3, 0.4) is 0 Å². The number of rotatable bonds is 6. The van der Waals surface area contributed by atoms with Crippen molar-refractivity contribution in [1.29, 1.82) is 0 Å². The number of thioether (sulfide) groups is 1. The fraction of sp³-hybridized carbons (Fsp3) is 0.259. The lowest BCUT2D eigenvalue weighted by molar-refractivity contribution is -0.137. The van der Waals surface area contributed by atoms with Crippen molar-refractivity contribution in [2.75, 3.05) is 25.4 Å². The average molecular weight is 572 g/mol. The Kier molecular flexibility index (Phi) is 7.76. The van der Waals surface area contributed by atoms with Gasteiger partial charge in [0.05, 0.1) is 16.2 Å². The summed E-state index contributed by atoms with van der Waals surface area (Å²) in [6.45, 7) is 2.60. The summed E-state index contributed by atoms with van der Waals surface area (Å²) in [4.78, 5) is 30.3. The molecule has 1 unspecified atom stereocenters. The van der Waals surface area contributed by atoms with Gasteiger partial charge in [0.15, 0.2) is 11.0 Å². The second kappa shape index (κ2) is 11.2. The molecule has 7 nitrogen and oxygen atoms in total. The van der Waals surface area contributed by atoms with Crippen LogP contribution in [0.25, 0.3) is 16.4 Å². The number of carbonyl (C=O) groups is 2. The van der Waals surface area contributed by atoms with Crippen LogP contribution in [0.15, 0.2) is 77.3 Å². The molecule has 2 amide bonds. The van der Waals surface area contributed by atoms with Gasteiger partial charge in [0.25, 0.3) is 5.91 Å². The smallest absolute Gasteiger partial charge is 0.338 e. The first-order valence-electron chi connectivity index (χ1n) is 12.2. The number of hydrogen-bond acceptors (Lipinski definition) is 6. The third kappa shape index (κ3) is 5.86. The summed E-state index contributed by atoms with van der Waals surface area (Å²) in [5.74, 6) is 0.232. The molecule has 1 atom stereocenters. The highest BCUT2D eigenvalue weighted by atomic mass is 32.2. The highest BCUT2D eigenvalue weighted by Gasteiger charge is 2.34. The van der Waals surface area contributed by atoms with Crippen molar-refractivity contribution in [2.24, 2.45) is 0 Å². The highest BCUT2D eigenvalue weighted by Crippen LogP contribution is 2.31. The van der Waals surface area contributed by atoms with Crippen LogP contribution in [0, 0.1) is 0 Å². The first-order valence-corrected chi connectivity index (χ1v) is 14.0. The topological polar surface area (TPSA) is 71.3 Å². The maximum atomic E-state index is 13.1. The molecule has 202 valence electrons. The van der Waals surface area contributed by atoms with E-state index in [1.54, 1.807) is 23.2 Å². The van der Waals surface area contributed by atoms with Gasteiger partial charge in [0.1, 0.15) is 0 Å². The van der Waals surface area contributed by atoms with E-state index in [1.165, 1.54) is 28.8 Å². The van der Waals surface area contributed by atoms with E-state index in [9.17, 15) is 22.8 Å². The number of nitrogens with zero attached hydrogens (tertiary/aromatic N) is 5. The number of aromatic nitrogens is 3. The molecule has 0 aliphatic carbocycles. The van der Waals surface area contributed by atoms with Gasteiger partial charge in [-0.25, -0.2) is 0 Å². The van der Waals surface area contributed by atoms with Gasteiger partial charge in [-0.2, -0.15) is 13.2 Å². The molecule has 0 bridgehead atoms. The van der Waals surface area contributed by atoms with Gasteiger partial charge in [-0.1, -0.05) is 42.1 Å². The maximum Gasteiger partial charge on any atom is 0.416 e. The first-order chi connectivity index (χ1) is 18.7. The number of benzene rings is 2. The fourth-order valence-corrected chi connectivity index (χ4v) is 5.99. The van der Waals surface area contributed by atoms with Gasteiger partial charge in [0.2, 0.25) is 5.91 Å². The minimum atomic E-state index is -4.53. The van der Waals surface area contributed by atoms with Gasteiger partial charge >= 0.3 is 6.18 Å². The number of hydrogen-bond donors (Lipinski definition) is 0. The molecule has 0 N–H and O–H groups in total. The predicted molar refractivity (Wildman–Crippen MR) is 144 cm³/mol. The third-order valence-electron chi connectivity index (χ3n) is 6.39. The lowest BCUT2D eigenvalue weighted by Gasteiger charge is -2.40. The van der Waals surface area contributed by atoms with Crippen molar-refractivity contribution in [3.8, 4) is 16.4 Å². The molecule has 1 aliphatic rings. The summed E-state index contributed by atoms with van der Waals surface area (Å²) >= 11 is 2.84. The molecule has 39 heavy (non-hydrogen) atoms. The van der Waals surface area contributed by atoms with Crippen molar-refractivity contribution in [2.45, 2.75) is 24.3 Å². The molecule has 1 fully saturated rings. The Labute approximate surface area is 231 Å². The molecule has 2 aromatic carbocycles. The van der Waals surface area contributed by atoms with Gasteiger partial charge in [-0.05, 0) is 48.7 Å². The van der Waals surface area contributed by atoms with Crippen LogP contribution >= 0.6 is 23.1 Å². The third-order valence-corrected chi connectivity index (χ3v) is 8.17. The van der Waals surface area contributed by atoms with Crippen molar-refractivity contribution in [1.82, 2.24) is 24.6 Å². The lowest BCUT2D eigenvalue weighted by Crippen LogP contribution is -2.55. The van der Waals surface area contributed by atoms with E-state index in [-0.39, 0.29) is 36.4 Å². The Morgan fingerprint density at radius 2 is 1.82 bits per heavy atom. The van der Waals surface area contributed by atoms with E-state index >= 15 is 0 Å². The second-order valence-corrected chi connectivity index (χ2v) is 10.9. The van der Waals surface area contributed by atoms with Crippen LogP contribution in [0.5, 0.6) is 0 Å². The highest BCUT2D eigenvalue weighted by molar-refractivity contribution is 7.99. The summed E-state index contributed by atoms with van der Waals surface area (Å²) in [6, 6.07) is 17.7. The van der Waals surface area contributed by atoms with Crippen molar-refractivity contribution in [3.05, 3.63) is 83.2 Å². The predicted octanol–water partition coefficient (Wildman–Crippen LogP) is 5.48. The van der Waals surface area contributed by atoms with Crippen LogP contribution in [-0.2, 0) is 11.0 Å². The molecule has 2 aromatic heterocycles. The van der Waals surface area contributed by atoms with Crippen LogP contribution in [0.1, 0.15) is 22.8 Å². The van der Waals surface area contributed by atoms with E-state index < -0.39 is 17.6 Å². The number of para-hydroxylation sites is 1.